The van der Waals surface area contributed by atoms with E-state index in [0.29, 0.717) is 24.2 Å². The highest BCUT2D eigenvalue weighted by Gasteiger charge is 2.15. The van der Waals surface area contributed by atoms with E-state index in [2.05, 4.69) is 46.2 Å². The molecule has 3 aromatic rings. The standard InChI is InChI=1S/C36H48N2O5/c39-29-33-26-32(15-18-35(33)40)36(41)28-37(27-31-11-4-3-5-12-31)19-7-1-2-8-22-42-23-9-6-10-30-13-16-34(17-14-30)38-20-24-43-25-21-38/h3-5,11-18,26,39-40H,1-2,6-10,19-25,27-29H2. The molecule has 0 saturated carbocycles. The van der Waals surface area contributed by atoms with Crippen molar-refractivity contribution in [1.82, 2.24) is 4.90 Å². The number of aryl methyl sites for hydroxylation is 1. The van der Waals surface area contributed by atoms with E-state index < -0.39 is 0 Å². The fraction of sp³-hybridized carbons (Fsp3) is 0.472. The first-order valence-corrected chi connectivity index (χ1v) is 15.8. The van der Waals surface area contributed by atoms with Gasteiger partial charge in [-0.25, -0.2) is 0 Å². The van der Waals surface area contributed by atoms with Gasteiger partial charge in [-0.2, -0.15) is 0 Å². The molecule has 43 heavy (non-hydrogen) atoms. The van der Waals surface area contributed by atoms with Gasteiger partial charge in [-0.3, -0.25) is 9.69 Å². The van der Waals surface area contributed by atoms with Crippen LogP contribution in [0.1, 0.15) is 65.6 Å². The van der Waals surface area contributed by atoms with E-state index >= 15 is 0 Å². The number of hydrogen-bond donors (Lipinski definition) is 2. The molecule has 7 nitrogen and oxygen atoms in total. The number of carbonyl (C=O) groups is 1. The maximum absolute atomic E-state index is 13.0. The number of unbranched alkanes of at least 4 members (excludes halogenated alkanes) is 4. The lowest BCUT2D eigenvalue weighted by atomic mass is 10.1. The average Bonchev–Trinajstić information content (AvgIpc) is 3.05. The molecule has 7 heteroatoms. The van der Waals surface area contributed by atoms with Gasteiger partial charge in [-0.15, -0.1) is 0 Å². The SMILES string of the molecule is O=C(CN(CCCCCCOCCCCc1ccc(N2CCOCC2)cc1)Cc1ccccc1)c1ccc(O)c(CO)c1. The van der Waals surface area contributed by atoms with E-state index in [1.54, 1.807) is 12.1 Å². The lowest BCUT2D eigenvalue weighted by Crippen LogP contribution is -2.36. The fourth-order valence-corrected chi connectivity index (χ4v) is 5.46. The number of Topliss-reactive ketones (excluding diaryl/α,β-unsaturated/α-hetero) is 1. The monoisotopic (exact) mass is 588 g/mol. The average molecular weight is 589 g/mol. The maximum Gasteiger partial charge on any atom is 0.176 e. The molecule has 3 aromatic carbocycles. The first-order chi connectivity index (χ1) is 21.1. The van der Waals surface area contributed by atoms with Crippen molar-refractivity contribution in [2.45, 2.75) is 58.1 Å². The number of aromatic hydroxyl groups is 1. The summed E-state index contributed by atoms with van der Waals surface area (Å²) >= 11 is 0. The number of nitrogens with zero attached hydrogens (tertiary/aromatic N) is 2. The van der Waals surface area contributed by atoms with Gasteiger partial charge in [0.05, 0.1) is 26.4 Å². The number of anilines is 1. The minimum absolute atomic E-state index is 0.00897. The molecule has 0 bridgehead atoms. The van der Waals surface area contributed by atoms with Crippen LogP contribution in [0.2, 0.25) is 0 Å². The summed E-state index contributed by atoms with van der Waals surface area (Å²) in [7, 11) is 0. The Morgan fingerprint density at radius 1 is 0.837 bits per heavy atom. The van der Waals surface area contributed by atoms with E-state index in [9.17, 15) is 15.0 Å². The first-order valence-electron chi connectivity index (χ1n) is 15.8. The number of aliphatic hydroxyl groups excluding tert-OH is 1. The molecule has 0 amide bonds. The third-order valence-corrected chi connectivity index (χ3v) is 8.02. The molecule has 0 unspecified atom stereocenters. The molecular weight excluding hydrogens is 540 g/mol. The van der Waals surface area contributed by atoms with Crippen LogP contribution in [-0.4, -0.2) is 73.5 Å². The molecule has 0 spiro atoms. The van der Waals surface area contributed by atoms with Gasteiger partial charge in [-0.1, -0.05) is 55.3 Å². The Morgan fingerprint density at radius 2 is 1.56 bits per heavy atom. The van der Waals surface area contributed by atoms with Gasteiger partial charge in [0.15, 0.2) is 5.78 Å². The van der Waals surface area contributed by atoms with Gasteiger partial charge in [-0.05, 0) is 80.1 Å². The molecular formula is C36H48N2O5. The Labute approximate surface area is 257 Å². The van der Waals surface area contributed by atoms with Crippen LogP contribution in [0.25, 0.3) is 0 Å². The Morgan fingerprint density at radius 3 is 2.30 bits per heavy atom. The number of ketones is 1. The van der Waals surface area contributed by atoms with E-state index in [0.717, 1.165) is 91.0 Å². The number of ether oxygens (including phenoxy) is 2. The van der Waals surface area contributed by atoms with E-state index in [1.165, 1.54) is 22.9 Å². The number of hydrogen-bond acceptors (Lipinski definition) is 7. The topological polar surface area (TPSA) is 82.5 Å². The Kier molecular flexibility index (Phi) is 14.0. The quantitative estimate of drug-likeness (QED) is 0.131. The molecule has 232 valence electrons. The van der Waals surface area contributed by atoms with Crippen molar-refractivity contribution >= 4 is 11.5 Å². The highest BCUT2D eigenvalue weighted by molar-refractivity contribution is 5.98. The minimum Gasteiger partial charge on any atom is -0.508 e. The molecule has 4 rings (SSSR count). The molecule has 0 aliphatic carbocycles. The summed E-state index contributed by atoms with van der Waals surface area (Å²) in [6.07, 6.45) is 7.58. The second-order valence-electron chi connectivity index (χ2n) is 11.4. The van der Waals surface area contributed by atoms with Crippen LogP contribution < -0.4 is 4.90 Å². The molecule has 1 heterocycles. The second-order valence-corrected chi connectivity index (χ2v) is 11.4. The number of rotatable bonds is 19. The van der Waals surface area contributed by atoms with E-state index in [1.807, 2.05) is 18.2 Å². The van der Waals surface area contributed by atoms with Crippen LogP contribution >= 0.6 is 0 Å². The zero-order valence-corrected chi connectivity index (χ0v) is 25.5. The van der Waals surface area contributed by atoms with Gasteiger partial charge < -0.3 is 24.6 Å². The molecule has 1 fully saturated rings. The second kappa shape index (κ2) is 18.4. The van der Waals surface area contributed by atoms with E-state index in [4.69, 9.17) is 9.47 Å². The molecule has 1 aliphatic heterocycles. The predicted molar refractivity (Wildman–Crippen MR) is 172 cm³/mol. The van der Waals surface area contributed by atoms with Gasteiger partial charge in [0.25, 0.3) is 0 Å². The van der Waals surface area contributed by atoms with Crippen LogP contribution in [0.4, 0.5) is 5.69 Å². The fourth-order valence-electron chi connectivity index (χ4n) is 5.46. The Balaban J connectivity index is 1.08. The smallest absolute Gasteiger partial charge is 0.176 e. The van der Waals surface area contributed by atoms with Crippen molar-refractivity contribution in [3.05, 3.63) is 95.1 Å². The van der Waals surface area contributed by atoms with Crippen molar-refractivity contribution in [3.8, 4) is 5.75 Å². The highest BCUT2D eigenvalue weighted by Crippen LogP contribution is 2.20. The Hall–Kier alpha value is -3.23. The van der Waals surface area contributed by atoms with Gasteiger partial charge in [0, 0.05) is 49.7 Å². The summed E-state index contributed by atoms with van der Waals surface area (Å²) in [5.41, 5.74) is 4.74. The summed E-state index contributed by atoms with van der Waals surface area (Å²) < 4.78 is 11.3. The maximum atomic E-state index is 13.0. The summed E-state index contributed by atoms with van der Waals surface area (Å²) in [6, 6.07) is 23.9. The van der Waals surface area contributed by atoms with Crippen LogP contribution in [0, 0.1) is 0 Å². The molecule has 0 atom stereocenters. The number of carbonyl (C=O) groups excluding carboxylic acids is 1. The zero-order valence-electron chi connectivity index (χ0n) is 25.5. The number of phenols is 1. The molecule has 1 aliphatic rings. The van der Waals surface area contributed by atoms with Gasteiger partial charge in [0.1, 0.15) is 5.75 Å². The number of aliphatic hydroxyl groups is 1. The van der Waals surface area contributed by atoms with Crippen LogP contribution in [0.15, 0.2) is 72.8 Å². The Bertz CT molecular complexity index is 1210. The minimum atomic E-state index is -0.297. The lowest BCUT2D eigenvalue weighted by Gasteiger charge is -2.28. The van der Waals surface area contributed by atoms with Gasteiger partial charge in [0.2, 0.25) is 0 Å². The van der Waals surface area contributed by atoms with Crippen molar-refractivity contribution in [2.75, 3.05) is 57.5 Å². The summed E-state index contributed by atoms with van der Waals surface area (Å²) in [5, 5.41) is 19.3. The number of morpholine rings is 1. The van der Waals surface area contributed by atoms with Crippen molar-refractivity contribution in [2.24, 2.45) is 0 Å². The van der Waals surface area contributed by atoms with Crippen molar-refractivity contribution < 1.29 is 24.5 Å². The largest absolute Gasteiger partial charge is 0.508 e. The van der Waals surface area contributed by atoms with Crippen LogP contribution in [0.5, 0.6) is 5.75 Å². The molecule has 0 radical (unpaired) electrons. The molecule has 0 aromatic heterocycles. The molecule has 1 saturated heterocycles. The van der Waals surface area contributed by atoms with Gasteiger partial charge >= 0.3 is 0 Å². The number of benzene rings is 3. The van der Waals surface area contributed by atoms with Crippen molar-refractivity contribution in [3.63, 3.8) is 0 Å². The van der Waals surface area contributed by atoms with Crippen molar-refractivity contribution in [1.29, 1.82) is 0 Å². The lowest BCUT2D eigenvalue weighted by molar-refractivity contribution is 0.0923. The highest BCUT2D eigenvalue weighted by atomic mass is 16.5. The summed E-state index contributed by atoms with van der Waals surface area (Å²) in [6.45, 7) is 6.73. The third kappa shape index (κ3) is 11.4. The first kappa shape index (κ1) is 32.7. The van der Waals surface area contributed by atoms with Crippen LogP contribution in [-0.2, 0) is 29.0 Å². The molecule has 2 N–H and O–H groups in total. The van der Waals surface area contributed by atoms with Crippen LogP contribution in [0.3, 0.4) is 0 Å². The normalized spacial score (nSPS) is 13.5. The van der Waals surface area contributed by atoms with E-state index in [-0.39, 0.29) is 18.1 Å². The third-order valence-electron chi connectivity index (χ3n) is 8.02. The summed E-state index contributed by atoms with van der Waals surface area (Å²) in [5.74, 6) is -0.00118. The predicted octanol–water partition coefficient (Wildman–Crippen LogP) is 6.01. The summed E-state index contributed by atoms with van der Waals surface area (Å²) in [4.78, 5) is 17.6. The zero-order chi connectivity index (χ0) is 30.1.